The lowest BCUT2D eigenvalue weighted by Crippen LogP contribution is -2.15. The zero-order valence-corrected chi connectivity index (χ0v) is 17.3. The second-order valence-electron chi connectivity index (χ2n) is 5.31. The first-order valence-electron chi connectivity index (χ1n) is 8.20. The molecule has 0 bridgehead atoms. The van der Waals surface area contributed by atoms with E-state index in [1.54, 1.807) is 19.2 Å². The highest BCUT2D eigenvalue weighted by Crippen LogP contribution is 2.36. The summed E-state index contributed by atoms with van der Waals surface area (Å²) >= 11 is 9.53. The Morgan fingerprint density at radius 1 is 1.33 bits per heavy atom. The molecule has 0 atom stereocenters. The number of hydrogen-bond acceptors (Lipinski definition) is 6. The van der Waals surface area contributed by atoms with Crippen molar-refractivity contribution in [2.24, 2.45) is 5.10 Å². The minimum Gasteiger partial charge on any atom is -0.493 e. The zero-order valence-electron chi connectivity index (χ0n) is 15.0. The molecule has 0 spiro atoms. The van der Waals surface area contributed by atoms with Crippen molar-refractivity contribution in [1.82, 2.24) is 5.43 Å². The first-order chi connectivity index (χ1) is 13.0. The minimum absolute atomic E-state index is 0.199. The predicted molar refractivity (Wildman–Crippen MR) is 109 cm³/mol. The van der Waals surface area contributed by atoms with Crippen molar-refractivity contribution in [2.45, 2.75) is 13.5 Å². The van der Waals surface area contributed by atoms with E-state index in [0.29, 0.717) is 34.1 Å². The number of benzene rings is 2. The standard InChI is InChI=1S/C19H20BrClN2O4/c1-3-26-18(24)12-27-19-15(20)8-13(9-17(19)25-2)10-22-23-11-14-6-4-5-7-16(14)21/h4-10,23H,3,11-12H2,1-2H3/b22-10-. The van der Waals surface area contributed by atoms with Crippen molar-refractivity contribution in [3.05, 3.63) is 57.0 Å². The summed E-state index contributed by atoms with van der Waals surface area (Å²) in [6.45, 7) is 2.35. The summed E-state index contributed by atoms with van der Waals surface area (Å²) in [7, 11) is 1.52. The van der Waals surface area contributed by atoms with Crippen molar-refractivity contribution in [1.29, 1.82) is 0 Å². The predicted octanol–water partition coefficient (Wildman–Crippen LogP) is 4.18. The molecule has 0 heterocycles. The molecule has 8 heteroatoms. The second kappa shape index (κ2) is 10.8. The van der Waals surface area contributed by atoms with Crippen LogP contribution < -0.4 is 14.9 Å². The number of halogens is 2. The Labute approximate surface area is 171 Å². The molecule has 0 aliphatic heterocycles. The molecule has 27 heavy (non-hydrogen) atoms. The lowest BCUT2D eigenvalue weighted by molar-refractivity contribution is -0.145. The Hall–Kier alpha value is -2.25. The van der Waals surface area contributed by atoms with E-state index in [1.807, 2.05) is 30.3 Å². The third-order valence-electron chi connectivity index (χ3n) is 3.42. The third-order valence-corrected chi connectivity index (χ3v) is 4.38. The Balaban J connectivity index is 2.02. The maximum Gasteiger partial charge on any atom is 0.344 e. The fourth-order valence-corrected chi connectivity index (χ4v) is 2.96. The number of methoxy groups -OCH3 is 1. The van der Waals surface area contributed by atoms with Crippen LogP contribution in [0.4, 0.5) is 0 Å². The van der Waals surface area contributed by atoms with Gasteiger partial charge in [-0.2, -0.15) is 5.10 Å². The summed E-state index contributed by atoms with van der Waals surface area (Å²) in [5, 5.41) is 4.89. The van der Waals surface area contributed by atoms with Crippen LogP contribution in [0.2, 0.25) is 5.02 Å². The Morgan fingerprint density at radius 2 is 2.11 bits per heavy atom. The van der Waals surface area contributed by atoms with Crippen molar-refractivity contribution in [2.75, 3.05) is 20.3 Å². The van der Waals surface area contributed by atoms with Gasteiger partial charge in [0, 0.05) is 5.02 Å². The van der Waals surface area contributed by atoms with Gasteiger partial charge in [-0.15, -0.1) is 0 Å². The van der Waals surface area contributed by atoms with E-state index in [4.69, 9.17) is 25.8 Å². The molecule has 144 valence electrons. The highest BCUT2D eigenvalue weighted by atomic mass is 79.9. The molecular formula is C19H20BrClN2O4. The minimum atomic E-state index is -0.444. The van der Waals surface area contributed by atoms with Gasteiger partial charge in [0.15, 0.2) is 18.1 Å². The van der Waals surface area contributed by atoms with Gasteiger partial charge in [-0.05, 0) is 52.2 Å². The number of hydrazone groups is 1. The van der Waals surface area contributed by atoms with Crippen molar-refractivity contribution >= 4 is 39.7 Å². The Kier molecular flexibility index (Phi) is 8.42. The van der Waals surface area contributed by atoms with Crippen molar-refractivity contribution < 1.29 is 19.0 Å². The zero-order chi connectivity index (χ0) is 19.6. The molecule has 2 aromatic rings. The van der Waals surface area contributed by atoms with Crippen LogP contribution in [0, 0.1) is 0 Å². The third kappa shape index (κ3) is 6.45. The van der Waals surface area contributed by atoms with Gasteiger partial charge in [-0.3, -0.25) is 0 Å². The number of nitrogens with zero attached hydrogens (tertiary/aromatic N) is 1. The number of carbonyl (C=O) groups is 1. The molecule has 0 saturated heterocycles. The molecule has 0 fully saturated rings. The second-order valence-corrected chi connectivity index (χ2v) is 6.57. The molecule has 2 aromatic carbocycles. The topological polar surface area (TPSA) is 69.2 Å². The lowest BCUT2D eigenvalue weighted by Gasteiger charge is -2.13. The van der Waals surface area contributed by atoms with Crippen LogP contribution in [0.3, 0.4) is 0 Å². The summed E-state index contributed by atoms with van der Waals surface area (Å²) in [4.78, 5) is 11.5. The summed E-state index contributed by atoms with van der Waals surface area (Å²) in [6, 6.07) is 11.1. The molecule has 2 rings (SSSR count). The van der Waals surface area contributed by atoms with E-state index in [1.165, 1.54) is 7.11 Å². The average Bonchev–Trinajstić information content (AvgIpc) is 2.65. The van der Waals surface area contributed by atoms with E-state index in [0.717, 1.165) is 11.1 Å². The van der Waals surface area contributed by atoms with Crippen LogP contribution >= 0.6 is 27.5 Å². The van der Waals surface area contributed by atoms with Crippen LogP contribution in [-0.4, -0.2) is 32.5 Å². The molecule has 0 saturated carbocycles. The molecular weight excluding hydrogens is 436 g/mol. The Bertz CT molecular complexity index is 814. The summed E-state index contributed by atoms with van der Waals surface area (Å²) < 4.78 is 16.3. The van der Waals surface area contributed by atoms with Gasteiger partial charge < -0.3 is 19.6 Å². The van der Waals surface area contributed by atoms with Crippen LogP contribution in [-0.2, 0) is 16.1 Å². The fraction of sp³-hybridized carbons (Fsp3) is 0.263. The highest BCUT2D eigenvalue weighted by Gasteiger charge is 2.13. The van der Waals surface area contributed by atoms with Crippen LogP contribution in [0.15, 0.2) is 46.0 Å². The van der Waals surface area contributed by atoms with Crippen LogP contribution in [0.1, 0.15) is 18.1 Å². The quantitative estimate of drug-likeness (QED) is 0.349. The van der Waals surface area contributed by atoms with E-state index in [9.17, 15) is 4.79 Å². The van der Waals surface area contributed by atoms with Crippen molar-refractivity contribution in [3.8, 4) is 11.5 Å². The molecule has 0 aliphatic carbocycles. The average molecular weight is 456 g/mol. The largest absolute Gasteiger partial charge is 0.493 e. The summed E-state index contributed by atoms with van der Waals surface area (Å²) in [5.41, 5.74) is 4.70. The monoisotopic (exact) mass is 454 g/mol. The number of rotatable bonds is 9. The molecule has 6 nitrogen and oxygen atoms in total. The van der Waals surface area contributed by atoms with E-state index >= 15 is 0 Å². The maximum absolute atomic E-state index is 11.5. The van der Waals surface area contributed by atoms with Gasteiger partial charge in [-0.25, -0.2) is 4.79 Å². The maximum atomic E-state index is 11.5. The number of ether oxygens (including phenoxy) is 3. The van der Waals surface area contributed by atoms with Gasteiger partial charge in [0.2, 0.25) is 0 Å². The van der Waals surface area contributed by atoms with Gasteiger partial charge >= 0.3 is 5.97 Å². The normalized spacial score (nSPS) is 10.7. The molecule has 0 unspecified atom stereocenters. The number of hydrogen-bond donors (Lipinski definition) is 1. The number of carbonyl (C=O) groups excluding carboxylic acids is 1. The van der Waals surface area contributed by atoms with E-state index in [-0.39, 0.29) is 6.61 Å². The van der Waals surface area contributed by atoms with Crippen LogP contribution in [0.25, 0.3) is 0 Å². The lowest BCUT2D eigenvalue weighted by atomic mass is 10.2. The summed E-state index contributed by atoms with van der Waals surface area (Å²) in [6.07, 6.45) is 1.65. The van der Waals surface area contributed by atoms with E-state index < -0.39 is 5.97 Å². The first kappa shape index (κ1) is 21.1. The summed E-state index contributed by atoms with van der Waals surface area (Å²) in [5.74, 6) is 0.453. The Morgan fingerprint density at radius 3 is 2.81 bits per heavy atom. The van der Waals surface area contributed by atoms with Gasteiger partial charge in [0.1, 0.15) is 0 Å². The highest BCUT2D eigenvalue weighted by molar-refractivity contribution is 9.10. The van der Waals surface area contributed by atoms with Gasteiger partial charge in [0.25, 0.3) is 0 Å². The number of nitrogens with one attached hydrogen (secondary N) is 1. The van der Waals surface area contributed by atoms with Crippen LogP contribution in [0.5, 0.6) is 11.5 Å². The molecule has 0 radical (unpaired) electrons. The van der Waals surface area contributed by atoms with Gasteiger partial charge in [-0.1, -0.05) is 29.8 Å². The molecule has 0 amide bonds. The van der Waals surface area contributed by atoms with Crippen molar-refractivity contribution in [3.63, 3.8) is 0 Å². The molecule has 0 aromatic heterocycles. The van der Waals surface area contributed by atoms with E-state index in [2.05, 4.69) is 26.5 Å². The SMILES string of the molecule is CCOC(=O)COc1c(Br)cc(/C=N\NCc2ccccc2Cl)cc1OC. The van der Waals surface area contributed by atoms with Gasteiger partial charge in [0.05, 0.1) is 30.9 Å². The first-order valence-corrected chi connectivity index (χ1v) is 9.37. The molecule has 0 aliphatic rings. The smallest absolute Gasteiger partial charge is 0.344 e. The molecule has 1 N–H and O–H groups in total. The fourth-order valence-electron chi connectivity index (χ4n) is 2.18. The number of esters is 1.